The molecule has 0 radical (unpaired) electrons. The van der Waals surface area contributed by atoms with E-state index in [1.165, 1.54) is 20.9 Å². The Morgan fingerprint density at radius 3 is 2.50 bits per heavy atom. The van der Waals surface area contributed by atoms with Gasteiger partial charge < -0.3 is 0 Å². The van der Waals surface area contributed by atoms with Crippen LogP contribution in [0.3, 0.4) is 0 Å². The lowest BCUT2D eigenvalue weighted by atomic mass is 9.78. The van der Waals surface area contributed by atoms with E-state index in [1.807, 2.05) is 0 Å². The summed E-state index contributed by atoms with van der Waals surface area (Å²) in [6.45, 7) is 2.66. The van der Waals surface area contributed by atoms with Crippen LogP contribution in [0.4, 0.5) is 13.2 Å². The van der Waals surface area contributed by atoms with E-state index in [0.717, 1.165) is 5.01 Å². The van der Waals surface area contributed by atoms with Crippen molar-refractivity contribution in [2.75, 3.05) is 7.05 Å². The van der Waals surface area contributed by atoms with Crippen LogP contribution in [0.5, 0.6) is 0 Å². The van der Waals surface area contributed by atoms with Crippen LogP contribution in [0.1, 0.15) is 13.8 Å². The third kappa shape index (κ3) is 1.62. The van der Waals surface area contributed by atoms with Crippen LogP contribution in [-0.2, 0) is 4.79 Å². The first-order chi connectivity index (χ1) is 7.15. The smallest absolute Gasteiger partial charge is 0.296 e. The summed E-state index contributed by atoms with van der Waals surface area (Å²) in [4.78, 5) is 11.5. The van der Waals surface area contributed by atoms with Gasteiger partial charge in [0, 0.05) is 7.05 Å². The molecule has 0 spiro atoms. The van der Waals surface area contributed by atoms with E-state index < -0.39 is 29.3 Å². The Kier molecular flexibility index (Phi) is 2.88. The Morgan fingerprint density at radius 2 is 2.12 bits per heavy atom. The summed E-state index contributed by atoms with van der Waals surface area (Å²) < 4.78 is 38.2. The number of hydrogen-bond acceptors (Lipinski definition) is 4. The molecule has 8 heteroatoms. The third-order valence-corrected chi connectivity index (χ3v) is 3.02. The fourth-order valence-electron chi connectivity index (χ4n) is 1.72. The summed E-state index contributed by atoms with van der Waals surface area (Å²) >= 11 is 0. The second-order valence-corrected chi connectivity index (χ2v) is 3.87. The summed E-state index contributed by atoms with van der Waals surface area (Å²) in [5.41, 5.74) is -1.16. The summed E-state index contributed by atoms with van der Waals surface area (Å²) in [7, 11) is 1.38. The lowest BCUT2D eigenvalue weighted by Crippen LogP contribution is -2.55. The highest BCUT2D eigenvalue weighted by molar-refractivity contribution is 6.12. The monoisotopic (exact) mass is 238 g/mol. The number of nitrogens with two attached hydrogens (primary N) is 1. The predicted molar refractivity (Wildman–Crippen MR) is 51.2 cm³/mol. The van der Waals surface area contributed by atoms with Gasteiger partial charge in [0.1, 0.15) is 5.41 Å². The van der Waals surface area contributed by atoms with Crippen molar-refractivity contribution in [1.82, 2.24) is 10.4 Å². The molecular weight excluding hydrogens is 225 g/mol. The molecule has 2 atom stereocenters. The van der Waals surface area contributed by atoms with Crippen molar-refractivity contribution in [3.05, 3.63) is 0 Å². The van der Waals surface area contributed by atoms with Crippen molar-refractivity contribution in [2.45, 2.75) is 26.1 Å². The number of alkyl halides is 3. The van der Waals surface area contributed by atoms with Gasteiger partial charge in [0.2, 0.25) is 5.91 Å². The average molecular weight is 238 g/mol. The van der Waals surface area contributed by atoms with Crippen molar-refractivity contribution in [3.8, 4) is 0 Å². The number of nitrogens with one attached hydrogen (secondary N) is 1. The van der Waals surface area contributed by atoms with Crippen LogP contribution in [-0.4, -0.2) is 35.9 Å². The first-order valence-electron chi connectivity index (χ1n) is 4.55. The SMILES string of the molecule is CC1N(C)N=C(C(F)(F)F)C1(C)C(=O)NN. The quantitative estimate of drug-likeness (QED) is 0.390. The molecule has 0 aromatic heterocycles. The van der Waals surface area contributed by atoms with Crippen LogP contribution in [0, 0.1) is 5.41 Å². The van der Waals surface area contributed by atoms with Gasteiger partial charge in [0.25, 0.3) is 0 Å². The molecule has 0 aromatic carbocycles. The molecule has 3 N–H and O–H groups in total. The van der Waals surface area contributed by atoms with Gasteiger partial charge in [0.05, 0.1) is 6.04 Å². The number of rotatable bonds is 1. The Balaban J connectivity index is 3.25. The minimum absolute atomic E-state index is 0.715. The lowest BCUT2D eigenvalue weighted by Gasteiger charge is -2.30. The minimum atomic E-state index is -4.65. The minimum Gasteiger partial charge on any atom is -0.296 e. The summed E-state index contributed by atoms with van der Waals surface area (Å²) in [6.07, 6.45) is -4.65. The molecule has 0 fully saturated rings. The zero-order valence-electron chi connectivity index (χ0n) is 9.09. The Hall–Kier alpha value is -1.31. The highest BCUT2D eigenvalue weighted by atomic mass is 19.4. The van der Waals surface area contributed by atoms with Gasteiger partial charge in [-0.15, -0.1) is 0 Å². The normalized spacial score (nSPS) is 30.3. The Morgan fingerprint density at radius 1 is 1.62 bits per heavy atom. The second-order valence-electron chi connectivity index (χ2n) is 3.87. The summed E-state index contributed by atoms with van der Waals surface area (Å²) in [5, 5.41) is 4.48. The van der Waals surface area contributed by atoms with E-state index in [-0.39, 0.29) is 0 Å². The number of hydrogen-bond donors (Lipinski definition) is 2. The highest BCUT2D eigenvalue weighted by Crippen LogP contribution is 2.40. The number of hydrazone groups is 1. The summed E-state index contributed by atoms with van der Waals surface area (Å²) in [5.74, 6) is 4.01. The summed E-state index contributed by atoms with van der Waals surface area (Å²) in [6, 6.07) is -0.715. The van der Waals surface area contributed by atoms with E-state index in [9.17, 15) is 18.0 Å². The fraction of sp³-hybridized carbons (Fsp3) is 0.750. The third-order valence-electron chi connectivity index (χ3n) is 3.02. The number of amides is 1. The van der Waals surface area contributed by atoms with Gasteiger partial charge in [-0.2, -0.15) is 18.3 Å². The topological polar surface area (TPSA) is 70.7 Å². The molecule has 1 aliphatic rings. The maximum Gasteiger partial charge on any atom is 0.432 e. The maximum absolute atomic E-state index is 12.7. The van der Waals surface area contributed by atoms with Gasteiger partial charge in [-0.25, -0.2) is 5.84 Å². The van der Waals surface area contributed by atoms with E-state index in [2.05, 4.69) is 5.10 Å². The van der Waals surface area contributed by atoms with E-state index in [1.54, 1.807) is 5.43 Å². The number of hydrazine groups is 1. The van der Waals surface area contributed by atoms with Crippen LogP contribution in [0.15, 0.2) is 5.10 Å². The molecule has 0 saturated heterocycles. The first kappa shape index (κ1) is 12.8. The van der Waals surface area contributed by atoms with Crippen LogP contribution in [0.2, 0.25) is 0 Å². The van der Waals surface area contributed by atoms with Crippen molar-refractivity contribution in [2.24, 2.45) is 16.4 Å². The molecule has 1 amide bonds. The molecule has 1 rings (SSSR count). The first-order valence-corrected chi connectivity index (χ1v) is 4.55. The van der Waals surface area contributed by atoms with E-state index in [4.69, 9.17) is 5.84 Å². The number of carbonyl (C=O) groups is 1. The number of nitrogens with zero attached hydrogens (tertiary/aromatic N) is 2. The standard InChI is InChI=1S/C8H13F3N4O/c1-4-7(2,6(16)13-12)5(8(9,10)11)14-15(4)3/h4H,12H2,1-3H3,(H,13,16). The van der Waals surface area contributed by atoms with E-state index in [0.29, 0.717) is 0 Å². The molecule has 0 aromatic rings. The molecular formula is C8H13F3N4O. The van der Waals surface area contributed by atoms with Crippen molar-refractivity contribution < 1.29 is 18.0 Å². The second kappa shape index (κ2) is 3.62. The van der Waals surface area contributed by atoms with Gasteiger partial charge in [-0.1, -0.05) is 0 Å². The molecule has 1 aliphatic heterocycles. The van der Waals surface area contributed by atoms with E-state index >= 15 is 0 Å². The van der Waals surface area contributed by atoms with Crippen molar-refractivity contribution in [3.63, 3.8) is 0 Å². The van der Waals surface area contributed by atoms with Gasteiger partial charge in [0.15, 0.2) is 5.71 Å². The number of carbonyl (C=O) groups excluding carboxylic acids is 1. The van der Waals surface area contributed by atoms with Gasteiger partial charge in [-0.3, -0.25) is 15.2 Å². The molecule has 1 heterocycles. The Bertz CT molecular complexity index is 341. The average Bonchev–Trinajstić information content (AvgIpc) is 2.42. The molecule has 92 valence electrons. The fourth-order valence-corrected chi connectivity index (χ4v) is 1.72. The molecule has 0 aliphatic carbocycles. The lowest BCUT2D eigenvalue weighted by molar-refractivity contribution is -0.130. The van der Waals surface area contributed by atoms with Crippen LogP contribution < -0.4 is 11.3 Å². The molecule has 5 nitrogen and oxygen atoms in total. The van der Waals surface area contributed by atoms with Crippen molar-refractivity contribution in [1.29, 1.82) is 0 Å². The molecule has 2 unspecified atom stereocenters. The maximum atomic E-state index is 12.7. The highest BCUT2D eigenvalue weighted by Gasteiger charge is 2.59. The Labute approximate surface area is 90.4 Å². The predicted octanol–water partition coefficient (Wildman–Crippen LogP) is 0.235. The number of halogens is 3. The van der Waals surface area contributed by atoms with Gasteiger partial charge >= 0.3 is 6.18 Å². The van der Waals surface area contributed by atoms with Crippen molar-refractivity contribution >= 4 is 11.6 Å². The zero-order chi connectivity index (χ0) is 12.7. The molecule has 16 heavy (non-hydrogen) atoms. The molecule has 0 saturated carbocycles. The molecule has 0 bridgehead atoms. The van der Waals surface area contributed by atoms with Crippen LogP contribution >= 0.6 is 0 Å². The zero-order valence-corrected chi connectivity index (χ0v) is 9.09. The van der Waals surface area contributed by atoms with Gasteiger partial charge in [-0.05, 0) is 13.8 Å². The largest absolute Gasteiger partial charge is 0.432 e. The van der Waals surface area contributed by atoms with Crippen LogP contribution in [0.25, 0.3) is 0 Å².